The number of likely N-dealkylation sites (N-methyl/N-ethyl adjacent to an activating group) is 1. The Morgan fingerprint density at radius 3 is 2.43 bits per heavy atom. The maximum Gasteiger partial charge on any atom is 0.257 e. The number of amides is 2. The van der Waals surface area contributed by atoms with E-state index in [0.717, 1.165) is 16.8 Å². The summed E-state index contributed by atoms with van der Waals surface area (Å²) < 4.78 is 0. The van der Waals surface area contributed by atoms with Crippen molar-refractivity contribution in [1.82, 2.24) is 9.88 Å². The lowest BCUT2D eigenvalue weighted by Gasteiger charge is -2.18. The predicted molar refractivity (Wildman–Crippen MR) is 90.8 cm³/mol. The minimum absolute atomic E-state index is 0.0716. The highest BCUT2D eigenvalue weighted by Gasteiger charge is 2.18. The van der Waals surface area contributed by atoms with Gasteiger partial charge in [0.2, 0.25) is 5.91 Å². The summed E-state index contributed by atoms with van der Waals surface area (Å²) in [5.74, 6) is -0.613. The molecule has 120 valence electrons. The zero-order valence-corrected chi connectivity index (χ0v) is 14.0. The molecule has 0 aliphatic carbocycles. The van der Waals surface area contributed by atoms with E-state index in [1.807, 2.05) is 32.0 Å². The Balaban J connectivity index is 2.05. The van der Waals surface area contributed by atoms with Crippen LogP contribution < -0.4 is 5.32 Å². The third-order valence-corrected chi connectivity index (χ3v) is 3.76. The van der Waals surface area contributed by atoms with Gasteiger partial charge in [0.05, 0.1) is 12.1 Å². The van der Waals surface area contributed by atoms with Crippen LogP contribution in [0.3, 0.4) is 0 Å². The number of anilines is 1. The van der Waals surface area contributed by atoms with Crippen molar-refractivity contribution >= 4 is 29.1 Å². The van der Waals surface area contributed by atoms with Crippen LogP contribution in [0.4, 0.5) is 5.69 Å². The molecule has 0 radical (unpaired) electrons. The van der Waals surface area contributed by atoms with Crippen LogP contribution in [0, 0.1) is 13.8 Å². The first kappa shape index (κ1) is 17.0. The third kappa shape index (κ3) is 4.07. The molecule has 0 aliphatic heterocycles. The van der Waals surface area contributed by atoms with E-state index in [0.29, 0.717) is 0 Å². The monoisotopic (exact) mass is 331 g/mol. The van der Waals surface area contributed by atoms with Gasteiger partial charge in [0.1, 0.15) is 5.15 Å². The maximum atomic E-state index is 12.3. The number of pyridine rings is 1. The predicted octanol–water partition coefficient (Wildman–Crippen LogP) is 3.06. The Morgan fingerprint density at radius 2 is 1.83 bits per heavy atom. The van der Waals surface area contributed by atoms with E-state index >= 15 is 0 Å². The second kappa shape index (κ2) is 7.24. The fourth-order valence-electron chi connectivity index (χ4n) is 2.23. The molecular weight excluding hydrogens is 314 g/mol. The molecule has 2 aromatic rings. The van der Waals surface area contributed by atoms with Gasteiger partial charge in [0.15, 0.2) is 0 Å². The number of nitrogens with zero attached hydrogens (tertiary/aromatic N) is 2. The number of carbonyl (C=O) groups excluding carboxylic acids is 2. The molecule has 0 fully saturated rings. The zero-order chi connectivity index (χ0) is 17.0. The molecule has 1 aromatic heterocycles. The number of hydrogen-bond acceptors (Lipinski definition) is 3. The van der Waals surface area contributed by atoms with Gasteiger partial charge in [-0.2, -0.15) is 0 Å². The van der Waals surface area contributed by atoms with E-state index in [1.54, 1.807) is 19.2 Å². The van der Waals surface area contributed by atoms with E-state index in [-0.39, 0.29) is 29.1 Å². The number of aromatic nitrogens is 1. The van der Waals surface area contributed by atoms with Gasteiger partial charge < -0.3 is 10.2 Å². The molecule has 5 nitrogen and oxygen atoms in total. The van der Waals surface area contributed by atoms with E-state index in [4.69, 9.17) is 11.6 Å². The summed E-state index contributed by atoms with van der Waals surface area (Å²) in [5, 5.41) is 2.97. The quantitative estimate of drug-likeness (QED) is 0.876. The second-order valence-electron chi connectivity index (χ2n) is 5.32. The van der Waals surface area contributed by atoms with Crippen molar-refractivity contribution in [3.63, 3.8) is 0 Å². The fourth-order valence-corrected chi connectivity index (χ4v) is 2.43. The summed E-state index contributed by atoms with van der Waals surface area (Å²) in [6.45, 7) is 3.78. The summed E-state index contributed by atoms with van der Waals surface area (Å²) >= 11 is 5.91. The molecule has 6 heteroatoms. The largest absolute Gasteiger partial charge is 0.332 e. The minimum atomic E-state index is -0.347. The second-order valence-corrected chi connectivity index (χ2v) is 5.68. The summed E-state index contributed by atoms with van der Waals surface area (Å²) in [4.78, 5) is 29.7. The Labute approximate surface area is 140 Å². The molecule has 2 rings (SSSR count). The molecule has 1 heterocycles. The van der Waals surface area contributed by atoms with E-state index in [9.17, 15) is 9.59 Å². The number of halogens is 1. The maximum absolute atomic E-state index is 12.3. The lowest BCUT2D eigenvalue weighted by atomic mass is 10.1. The molecule has 0 atom stereocenters. The van der Waals surface area contributed by atoms with E-state index < -0.39 is 0 Å². The number of para-hydroxylation sites is 1. The van der Waals surface area contributed by atoms with Crippen molar-refractivity contribution in [1.29, 1.82) is 0 Å². The number of nitrogens with one attached hydrogen (secondary N) is 1. The fraction of sp³-hybridized carbons (Fsp3) is 0.235. The summed E-state index contributed by atoms with van der Waals surface area (Å²) in [5.41, 5.74) is 3.00. The first-order valence-electron chi connectivity index (χ1n) is 7.12. The van der Waals surface area contributed by atoms with E-state index in [2.05, 4.69) is 10.3 Å². The van der Waals surface area contributed by atoms with Gasteiger partial charge in [-0.25, -0.2) is 4.98 Å². The zero-order valence-electron chi connectivity index (χ0n) is 13.3. The molecular formula is C17H18ClN3O2. The number of rotatable bonds is 4. The highest BCUT2D eigenvalue weighted by atomic mass is 35.5. The third-order valence-electron chi connectivity index (χ3n) is 3.46. The van der Waals surface area contributed by atoms with Crippen LogP contribution in [0.2, 0.25) is 5.15 Å². The van der Waals surface area contributed by atoms with Crippen LogP contribution in [0.1, 0.15) is 21.5 Å². The topological polar surface area (TPSA) is 62.3 Å². The number of benzene rings is 1. The van der Waals surface area contributed by atoms with Crippen molar-refractivity contribution < 1.29 is 9.59 Å². The smallest absolute Gasteiger partial charge is 0.257 e. The average Bonchev–Trinajstić information content (AvgIpc) is 2.51. The summed E-state index contributed by atoms with van der Waals surface area (Å²) in [7, 11) is 1.55. The molecule has 0 unspecified atom stereocenters. The Kier molecular flexibility index (Phi) is 5.34. The van der Waals surface area contributed by atoms with Crippen LogP contribution in [0.15, 0.2) is 36.5 Å². The SMILES string of the molecule is Cc1cccc(C)c1NC(=O)CN(C)C(=O)c1cccnc1Cl. The lowest BCUT2D eigenvalue weighted by molar-refractivity contribution is -0.116. The number of hydrogen-bond donors (Lipinski definition) is 1. The summed E-state index contributed by atoms with van der Waals surface area (Å²) in [6, 6.07) is 8.99. The highest BCUT2D eigenvalue weighted by molar-refractivity contribution is 6.32. The van der Waals surface area contributed by atoms with Gasteiger partial charge in [0, 0.05) is 18.9 Å². The van der Waals surface area contributed by atoms with E-state index in [1.165, 1.54) is 11.1 Å². The van der Waals surface area contributed by atoms with Gasteiger partial charge in [0.25, 0.3) is 5.91 Å². The first-order valence-corrected chi connectivity index (χ1v) is 7.50. The molecule has 2 amide bonds. The van der Waals surface area contributed by atoms with Gasteiger partial charge in [-0.15, -0.1) is 0 Å². The van der Waals surface area contributed by atoms with Gasteiger partial charge in [-0.05, 0) is 37.1 Å². The molecule has 0 bridgehead atoms. The van der Waals surface area contributed by atoms with Crippen LogP contribution >= 0.6 is 11.6 Å². The standard InChI is InChI=1S/C17H18ClN3O2/c1-11-6-4-7-12(2)15(11)20-14(22)10-21(3)17(23)13-8-5-9-19-16(13)18/h4-9H,10H2,1-3H3,(H,20,22). The van der Waals surface area contributed by atoms with Crippen LogP contribution in [0.25, 0.3) is 0 Å². The Morgan fingerprint density at radius 1 is 1.17 bits per heavy atom. The highest BCUT2D eigenvalue weighted by Crippen LogP contribution is 2.19. The average molecular weight is 332 g/mol. The molecule has 23 heavy (non-hydrogen) atoms. The van der Waals surface area contributed by atoms with Crippen LogP contribution in [-0.4, -0.2) is 35.3 Å². The first-order chi connectivity index (χ1) is 10.9. The van der Waals surface area contributed by atoms with Gasteiger partial charge >= 0.3 is 0 Å². The van der Waals surface area contributed by atoms with Gasteiger partial charge in [-0.3, -0.25) is 9.59 Å². The molecule has 0 aliphatic rings. The molecule has 0 saturated carbocycles. The van der Waals surface area contributed by atoms with Crippen molar-refractivity contribution in [3.8, 4) is 0 Å². The van der Waals surface area contributed by atoms with Crippen molar-refractivity contribution in [3.05, 3.63) is 58.4 Å². The van der Waals surface area contributed by atoms with Crippen LogP contribution in [0.5, 0.6) is 0 Å². The molecule has 0 spiro atoms. The van der Waals surface area contributed by atoms with Crippen molar-refractivity contribution in [2.75, 3.05) is 18.9 Å². The number of aryl methyl sites for hydroxylation is 2. The summed E-state index contributed by atoms with van der Waals surface area (Å²) in [6.07, 6.45) is 1.51. The molecule has 0 saturated heterocycles. The van der Waals surface area contributed by atoms with Gasteiger partial charge in [-0.1, -0.05) is 29.8 Å². The molecule has 1 aromatic carbocycles. The normalized spacial score (nSPS) is 10.3. The molecule has 1 N–H and O–H groups in total. The van der Waals surface area contributed by atoms with Crippen molar-refractivity contribution in [2.24, 2.45) is 0 Å². The number of carbonyl (C=O) groups is 2. The Bertz CT molecular complexity index is 726. The van der Waals surface area contributed by atoms with Crippen LogP contribution in [-0.2, 0) is 4.79 Å². The van der Waals surface area contributed by atoms with Crippen molar-refractivity contribution in [2.45, 2.75) is 13.8 Å². The Hall–Kier alpha value is -2.40. The lowest BCUT2D eigenvalue weighted by Crippen LogP contribution is -2.35. The minimum Gasteiger partial charge on any atom is -0.332 e.